The van der Waals surface area contributed by atoms with E-state index in [1.54, 1.807) is 7.05 Å². The Hall–Kier alpha value is -0.610. The molecule has 1 heterocycles. The predicted octanol–water partition coefficient (Wildman–Crippen LogP) is 1.79. The number of carbonyl (C=O) groups excluding carboxylic acids is 1. The van der Waals surface area contributed by atoms with E-state index in [-0.39, 0.29) is 5.91 Å². The van der Waals surface area contributed by atoms with Crippen LogP contribution in [0.25, 0.3) is 0 Å². The van der Waals surface area contributed by atoms with Crippen molar-refractivity contribution < 1.29 is 9.53 Å². The van der Waals surface area contributed by atoms with Gasteiger partial charge in [0.05, 0.1) is 6.10 Å². The summed E-state index contributed by atoms with van der Waals surface area (Å²) in [6.45, 7) is 2.86. The Morgan fingerprint density at radius 2 is 2.16 bits per heavy atom. The summed E-state index contributed by atoms with van der Waals surface area (Å²) >= 11 is 0. The summed E-state index contributed by atoms with van der Waals surface area (Å²) < 4.78 is 6.03. The van der Waals surface area contributed by atoms with Crippen molar-refractivity contribution >= 4 is 5.91 Å². The zero-order valence-corrected chi connectivity index (χ0v) is 12.4. The Morgan fingerprint density at radius 3 is 2.68 bits per heavy atom. The molecule has 1 amide bonds. The van der Waals surface area contributed by atoms with Gasteiger partial charge in [-0.05, 0) is 39.2 Å². The molecule has 4 nitrogen and oxygen atoms in total. The fourth-order valence-corrected chi connectivity index (χ4v) is 3.47. The van der Waals surface area contributed by atoms with Gasteiger partial charge in [-0.15, -0.1) is 0 Å². The lowest BCUT2D eigenvalue weighted by Gasteiger charge is -2.50. The quantitative estimate of drug-likeness (QED) is 0.798. The van der Waals surface area contributed by atoms with Crippen LogP contribution in [0.2, 0.25) is 0 Å². The maximum absolute atomic E-state index is 11.3. The van der Waals surface area contributed by atoms with Crippen molar-refractivity contribution in [3.8, 4) is 0 Å². The highest BCUT2D eigenvalue weighted by atomic mass is 16.5. The summed E-state index contributed by atoms with van der Waals surface area (Å²) in [5, 5.41) is 2.68. The van der Waals surface area contributed by atoms with Gasteiger partial charge in [-0.25, -0.2) is 0 Å². The van der Waals surface area contributed by atoms with Gasteiger partial charge in [-0.3, -0.25) is 4.79 Å². The molecule has 0 aromatic heterocycles. The average molecular weight is 268 g/mol. The summed E-state index contributed by atoms with van der Waals surface area (Å²) in [7, 11) is 3.83. The second-order valence-corrected chi connectivity index (χ2v) is 6.23. The molecule has 1 saturated carbocycles. The molecule has 19 heavy (non-hydrogen) atoms. The van der Waals surface area contributed by atoms with Crippen molar-refractivity contribution in [3.63, 3.8) is 0 Å². The first-order chi connectivity index (χ1) is 9.16. The number of nitrogens with one attached hydrogen (secondary N) is 1. The van der Waals surface area contributed by atoms with Gasteiger partial charge in [0.25, 0.3) is 0 Å². The van der Waals surface area contributed by atoms with E-state index < -0.39 is 0 Å². The monoisotopic (exact) mass is 268 g/mol. The van der Waals surface area contributed by atoms with E-state index in [0.29, 0.717) is 17.9 Å². The fraction of sp³-hybridized carbons (Fsp3) is 0.933. The molecule has 1 aliphatic heterocycles. The third-order valence-electron chi connectivity index (χ3n) is 4.80. The minimum absolute atomic E-state index is 0.128. The molecule has 1 N–H and O–H groups in total. The van der Waals surface area contributed by atoms with E-state index in [9.17, 15) is 4.79 Å². The molecular weight excluding hydrogens is 240 g/mol. The number of nitrogens with zero attached hydrogens (tertiary/aromatic N) is 1. The van der Waals surface area contributed by atoms with Gasteiger partial charge in [-0.2, -0.15) is 0 Å². The van der Waals surface area contributed by atoms with E-state index in [2.05, 4.69) is 17.3 Å². The largest absolute Gasteiger partial charge is 0.378 e. The molecule has 1 unspecified atom stereocenters. The fourth-order valence-electron chi connectivity index (χ4n) is 3.47. The normalized spacial score (nSPS) is 25.9. The number of hydrogen-bond donors (Lipinski definition) is 1. The molecule has 1 aliphatic carbocycles. The molecule has 2 aliphatic rings. The van der Waals surface area contributed by atoms with E-state index in [0.717, 1.165) is 19.7 Å². The van der Waals surface area contributed by atoms with Gasteiger partial charge in [0.2, 0.25) is 5.91 Å². The maximum Gasteiger partial charge on any atom is 0.221 e. The number of amides is 1. The minimum atomic E-state index is 0.128. The molecule has 1 saturated heterocycles. The first-order valence-corrected chi connectivity index (χ1v) is 7.67. The van der Waals surface area contributed by atoms with Crippen LogP contribution in [0.1, 0.15) is 44.9 Å². The van der Waals surface area contributed by atoms with E-state index in [1.165, 1.54) is 38.5 Å². The SMILES string of the molecule is CNC(=O)CCN(C)CC1(C2CCCCO2)CCC1. The van der Waals surface area contributed by atoms with Gasteiger partial charge in [0, 0.05) is 38.6 Å². The Bertz CT molecular complexity index is 297. The van der Waals surface area contributed by atoms with Crippen molar-refractivity contribution in [1.82, 2.24) is 10.2 Å². The summed E-state index contributed by atoms with van der Waals surface area (Å²) in [4.78, 5) is 13.6. The number of ether oxygens (including phenoxy) is 1. The van der Waals surface area contributed by atoms with Crippen LogP contribution in [0.3, 0.4) is 0 Å². The van der Waals surface area contributed by atoms with Crippen molar-refractivity contribution in [2.24, 2.45) is 5.41 Å². The standard InChI is InChI=1S/C15H28N2O2/c1-16-14(18)7-10-17(2)12-15(8-5-9-15)13-6-3-4-11-19-13/h13H,3-12H2,1-2H3,(H,16,18). The molecule has 0 radical (unpaired) electrons. The molecule has 0 aromatic carbocycles. The topological polar surface area (TPSA) is 41.6 Å². The van der Waals surface area contributed by atoms with Crippen molar-refractivity contribution in [1.29, 1.82) is 0 Å². The third-order valence-corrected chi connectivity index (χ3v) is 4.80. The van der Waals surface area contributed by atoms with Gasteiger partial charge in [0.15, 0.2) is 0 Å². The van der Waals surface area contributed by atoms with E-state index in [4.69, 9.17) is 4.74 Å². The number of hydrogen-bond acceptors (Lipinski definition) is 3. The van der Waals surface area contributed by atoms with Crippen molar-refractivity contribution in [2.75, 3.05) is 33.8 Å². The van der Waals surface area contributed by atoms with Gasteiger partial charge >= 0.3 is 0 Å². The van der Waals surface area contributed by atoms with Crippen LogP contribution in [0.15, 0.2) is 0 Å². The third kappa shape index (κ3) is 3.69. The maximum atomic E-state index is 11.3. The molecular formula is C15H28N2O2. The van der Waals surface area contributed by atoms with Crippen LogP contribution in [-0.2, 0) is 9.53 Å². The van der Waals surface area contributed by atoms with E-state index >= 15 is 0 Å². The summed E-state index contributed by atoms with van der Waals surface area (Å²) in [5.41, 5.74) is 0.373. The Labute approximate surface area is 116 Å². The number of rotatable bonds is 6. The molecule has 110 valence electrons. The van der Waals surface area contributed by atoms with Gasteiger partial charge in [0.1, 0.15) is 0 Å². The van der Waals surface area contributed by atoms with Crippen LogP contribution in [0.4, 0.5) is 0 Å². The Kier molecular flexibility index (Phi) is 5.22. The predicted molar refractivity (Wildman–Crippen MR) is 76.1 cm³/mol. The van der Waals surface area contributed by atoms with Crippen molar-refractivity contribution in [3.05, 3.63) is 0 Å². The van der Waals surface area contributed by atoms with Crippen molar-refractivity contribution in [2.45, 2.75) is 51.0 Å². The van der Waals surface area contributed by atoms with Crippen LogP contribution in [-0.4, -0.2) is 50.7 Å². The molecule has 2 rings (SSSR count). The highest BCUT2D eigenvalue weighted by molar-refractivity contribution is 5.75. The molecule has 2 fully saturated rings. The molecule has 1 atom stereocenters. The van der Waals surface area contributed by atoms with Crippen LogP contribution in [0.5, 0.6) is 0 Å². The number of carbonyl (C=O) groups is 1. The molecule has 0 spiro atoms. The van der Waals surface area contributed by atoms with Crippen LogP contribution >= 0.6 is 0 Å². The Morgan fingerprint density at radius 1 is 1.37 bits per heavy atom. The lowest BCUT2D eigenvalue weighted by molar-refractivity contribution is -0.122. The first kappa shape index (κ1) is 14.8. The first-order valence-electron chi connectivity index (χ1n) is 7.67. The summed E-state index contributed by atoms with van der Waals surface area (Å²) in [5.74, 6) is 0.128. The second-order valence-electron chi connectivity index (χ2n) is 6.23. The second kappa shape index (κ2) is 6.71. The molecule has 0 aromatic rings. The smallest absolute Gasteiger partial charge is 0.221 e. The highest BCUT2D eigenvalue weighted by Crippen LogP contribution is 2.48. The van der Waals surface area contributed by atoms with Crippen LogP contribution in [0, 0.1) is 5.41 Å². The van der Waals surface area contributed by atoms with Gasteiger partial charge in [-0.1, -0.05) is 6.42 Å². The lowest BCUT2D eigenvalue weighted by Crippen LogP contribution is -2.51. The van der Waals surface area contributed by atoms with E-state index in [1.807, 2.05) is 0 Å². The highest BCUT2D eigenvalue weighted by Gasteiger charge is 2.45. The zero-order chi connectivity index (χ0) is 13.7. The molecule has 4 heteroatoms. The Balaban J connectivity index is 1.82. The zero-order valence-electron chi connectivity index (χ0n) is 12.4. The average Bonchev–Trinajstić information content (AvgIpc) is 2.41. The van der Waals surface area contributed by atoms with Gasteiger partial charge < -0.3 is 15.0 Å². The minimum Gasteiger partial charge on any atom is -0.378 e. The van der Waals surface area contributed by atoms with Crippen LogP contribution < -0.4 is 5.32 Å². The lowest BCUT2D eigenvalue weighted by atomic mass is 9.63. The summed E-state index contributed by atoms with van der Waals surface area (Å²) in [6.07, 6.45) is 8.73. The summed E-state index contributed by atoms with van der Waals surface area (Å²) in [6, 6.07) is 0. The molecule has 0 bridgehead atoms.